The van der Waals surface area contributed by atoms with Crippen LogP contribution in [0.5, 0.6) is 0 Å². The zero-order chi connectivity index (χ0) is 22.3. The molecule has 0 aliphatic rings. The third-order valence-corrected chi connectivity index (χ3v) is 5.90. The number of rotatable bonds is 6. The number of hydrogen-bond donors (Lipinski definition) is 2. The van der Waals surface area contributed by atoms with Crippen molar-refractivity contribution >= 4 is 39.1 Å². The summed E-state index contributed by atoms with van der Waals surface area (Å²) in [6, 6.07) is 4.37. The average molecular weight is 445 g/mol. The second-order valence-corrected chi connectivity index (χ2v) is 7.64. The van der Waals surface area contributed by atoms with Gasteiger partial charge in [-0.05, 0) is 32.0 Å². The molecule has 4 aromatic heterocycles. The highest BCUT2D eigenvalue weighted by Gasteiger charge is 2.26. The van der Waals surface area contributed by atoms with E-state index >= 15 is 0 Å². The van der Waals surface area contributed by atoms with Crippen LogP contribution in [0.3, 0.4) is 0 Å². The Kier molecular flexibility index (Phi) is 5.27. The smallest absolute Gasteiger partial charge is 0.280 e. The Bertz CT molecular complexity index is 1290. The Morgan fingerprint density at radius 3 is 2.74 bits per heavy atom. The largest absolute Gasteiger partial charge is 0.464 e. The number of primary amides is 1. The highest BCUT2D eigenvalue weighted by atomic mass is 32.1. The number of thiophene rings is 1. The van der Waals surface area contributed by atoms with Gasteiger partial charge in [0, 0.05) is 23.2 Å². The number of aromatic nitrogens is 3. The summed E-state index contributed by atoms with van der Waals surface area (Å²) < 4.78 is 33.9. The van der Waals surface area contributed by atoms with E-state index in [1.54, 1.807) is 23.7 Å². The van der Waals surface area contributed by atoms with Crippen molar-refractivity contribution in [3.63, 3.8) is 0 Å². The molecule has 0 saturated heterocycles. The van der Waals surface area contributed by atoms with E-state index in [-0.39, 0.29) is 26.7 Å². The molecule has 0 bridgehead atoms. The molecule has 4 rings (SSSR count). The average Bonchev–Trinajstić information content (AvgIpc) is 3.46. The first kappa shape index (κ1) is 20.7. The van der Waals surface area contributed by atoms with Crippen LogP contribution in [0.4, 0.5) is 14.5 Å². The van der Waals surface area contributed by atoms with Crippen molar-refractivity contribution in [2.24, 2.45) is 5.73 Å². The first-order valence-corrected chi connectivity index (χ1v) is 10.1. The molecule has 160 valence electrons. The fourth-order valence-corrected chi connectivity index (χ4v) is 4.33. The van der Waals surface area contributed by atoms with Gasteiger partial charge in [0.25, 0.3) is 18.2 Å². The number of nitrogens with two attached hydrogens (primary N) is 1. The van der Waals surface area contributed by atoms with E-state index in [1.165, 1.54) is 18.5 Å². The number of aryl methyl sites for hydroxylation is 1. The van der Waals surface area contributed by atoms with E-state index in [0.29, 0.717) is 23.2 Å². The number of amides is 2. The van der Waals surface area contributed by atoms with Crippen LogP contribution in [0.1, 0.15) is 44.8 Å². The molecule has 0 radical (unpaired) electrons. The van der Waals surface area contributed by atoms with Crippen LogP contribution in [0.15, 0.2) is 35.1 Å². The summed E-state index contributed by atoms with van der Waals surface area (Å²) >= 11 is 0.830. The summed E-state index contributed by atoms with van der Waals surface area (Å²) in [6.45, 7) is 4.22. The molecule has 3 N–H and O–H groups in total. The maximum atomic E-state index is 13.4. The van der Waals surface area contributed by atoms with Crippen LogP contribution in [-0.2, 0) is 6.54 Å². The number of alkyl halides is 2. The van der Waals surface area contributed by atoms with Crippen molar-refractivity contribution in [3.8, 4) is 11.3 Å². The number of anilines is 1. The van der Waals surface area contributed by atoms with Gasteiger partial charge in [-0.1, -0.05) is 0 Å². The Labute approximate surface area is 178 Å². The molecule has 0 aliphatic heterocycles. The van der Waals surface area contributed by atoms with Gasteiger partial charge >= 0.3 is 0 Å². The SMILES string of the molecule is CCn1ncc(C(=O)Nc2c(C(N)=O)sc3nc(C(F)F)cc(-c4ccco4)c23)c1C. The number of halogens is 2. The van der Waals surface area contributed by atoms with Crippen LogP contribution >= 0.6 is 11.3 Å². The molecule has 0 spiro atoms. The second-order valence-electron chi connectivity index (χ2n) is 6.64. The van der Waals surface area contributed by atoms with Gasteiger partial charge in [-0.3, -0.25) is 14.3 Å². The summed E-state index contributed by atoms with van der Waals surface area (Å²) in [6.07, 6.45) is -0.0169. The molecule has 0 fully saturated rings. The zero-order valence-corrected chi connectivity index (χ0v) is 17.3. The van der Waals surface area contributed by atoms with Gasteiger partial charge in [-0.25, -0.2) is 13.8 Å². The van der Waals surface area contributed by atoms with Crippen molar-refractivity contribution < 1.29 is 22.8 Å². The van der Waals surface area contributed by atoms with Gasteiger partial charge in [0.1, 0.15) is 21.2 Å². The maximum absolute atomic E-state index is 13.4. The summed E-state index contributed by atoms with van der Waals surface area (Å²) in [5.41, 5.74) is 6.36. The standard InChI is InChI=1S/C20H17F2N5O3S/c1-3-27-9(2)11(8-24-27)19(29)26-15-14-10(13-5-4-6-30-13)7-12(17(21)22)25-20(14)31-16(15)18(23)28/h4-8,17H,3H2,1-2H3,(H2,23,28)(H,26,29). The Morgan fingerprint density at radius 1 is 1.39 bits per heavy atom. The summed E-state index contributed by atoms with van der Waals surface area (Å²) in [7, 11) is 0. The number of hydrogen-bond acceptors (Lipinski definition) is 6. The number of nitrogens with one attached hydrogen (secondary N) is 1. The molecule has 8 nitrogen and oxygen atoms in total. The van der Waals surface area contributed by atoms with Gasteiger partial charge in [-0.2, -0.15) is 5.10 Å². The van der Waals surface area contributed by atoms with E-state index in [9.17, 15) is 18.4 Å². The number of pyridine rings is 1. The lowest BCUT2D eigenvalue weighted by molar-refractivity contribution is 0.100. The van der Waals surface area contributed by atoms with Crippen LogP contribution in [0, 0.1) is 6.92 Å². The van der Waals surface area contributed by atoms with Gasteiger partial charge in [0.15, 0.2) is 0 Å². The molecule has 0 saturated carbocycles. The highest BCUT2D eigenvalue weighted by Crippen LogP contribution is 2.42. The first-order chi connectivity index (χ1) is 14.8. The van der Waals surface area contributed by atoms with Crippen LogP contribution in [-0.4, -0.2) is 26.6 Å². The zero-order valence-electron chi connectivity index (χ0n) is 16.5. The van der Waals surface area contributed by atoms with E-state index in [1.807, 2.05) is 6.92 Å². The van der Waals surface area contributed by atoms with Crippen molar-refractivity contribution in [2.75, 3.05) is 5.32 Å². The maximum Gasteiger partial charge on any atom is 0.280 e. The van der Waals surface area contributed by atoms with Gasteiger partial charge in [-0.15, -0.1) is 11.3 Å². The molecule has 11 heteroatoms. The van der Waals surface area contributed by atoms with Gasteiger partial charge < -0.3 is 15.5 Å². The lowest BCUT2D eigenvalue weighted by Gasteiger charge is -2.09. The fourth-order valence-electron chi connectivity index (χ4n) is 3.32. The number of furan rings is 1. The van der Waals surface area contributed by atoms with Crippen LogP contribution in [0.25, 0.3) is 21.5 Å². The molecule has 0 aromatic carbocycles. The normalized spacial score (nSPS) is 11.4. The number of carbonyl (C=O) groups excluding carboxylic acids is 2. The van der Waals surface area contributed by atoms with Crippen LogP contribution in [0.2, 0.25) is 0 Å². The van der Waals surface area contributed by atoms with E-state index in [4.69, 9.17) is 10.2 Å². The number of carbonyl (C=O) groups is 2. The minimum atomic E-state index is -2.84. The molecule has 2 amide bonds. The summed E-state index contributed by atoms with van der Waals surface area (Å²) in [5.74, 6) is -1.04. The van der Waals surface area contributed by atoms with E-state index < -0.39 is 23.9 Å². The predicted molar refractivity (Wildman–Crippen MR) is 111 cm³/mol. The Hall–Kier alpha value is -3.60. The minimum absolute atomic E-state index is 0.00407. The number of fused-ring (bicyclic) bond motifs is 1. The quantitative estimate of drug-likeness (QED) is 0.457. The molecule has 0 unspecified atom stereocenters. The minimum Gasteiger partial charge on any atom is -0.464 e. The molecule has 0 aliphatic carbocycles. The van der Waals surface area contributed by atoms with Crippen molar-refractivity contribution in [2.45, 2.75) is 26.8 Å². The lowest BCUT2D eigenvalue weighted by atomic mass is 10.1. The third kappa shape index (κ3) is 3.56. The van der Waals surface area contributed by atoms with Crippen molar-refractivity contribution in [1.82, 2.24) is 14.8 Å². The lowest BCUT2D eigenvalue weighted by Crippen LogP contribution is -2.17. The molecule has 0 atom stereocenters. The molecule has 31 heavy (non-hydrogen) atoms. The monoisotopic (exact) mass is 445 g/mol. The second kappa shape index (κ2) is 7.91. The topological polar surface area (TPSA) is 116 Å². The van der Waals surface area contributed by atoms with Crippen molar-refractivity contribution in [3.05, 3.63) is 52.5 Å². The number of nitrogens with zero attached hydrogens (tertiary/aromatic N) is 3. The fraction of sp³-hybridized carbons (Fsp3) is 0.200. The van der Waals surface area contributed by atoms with E-state index in [0.717, 1.165) is 11.3 Å². The first-order valence-electron chi connectivity index (χ1n) is 9.24. The van der Waals surface area contributed by atoms with Crippen LogP contribution < -0.4 is 11.1 Å². The van der Waals surface area contributed by atoms with Crippen molar-refractivity contribution in [1.29, 1.82) is 0 Å². The van der Waals surface area contributed by atoms with Gasteiger partial charge in [0.2, 0.25) is 0 Å². The van der Waals surface area contributed by atoms with Gasteiger partial charge in [0.05, 0.1) is 23.7 Å². The summed E-state index contributed by atoms with van der Waals surface area (Å²) in [4.78, 5) is 29.2. The molecule has 4 aromatic rings. The van der Waals surface area contributed by atoms with E-state index in [2.05, 4.69) is 15.4 Å². The predicted octanol–water partition coefficient (Wildman–Crippen LogP) is 4.37. The Morgan fingerprint density at radius 2 is 2.16 bits per heavy atom. The molecular formula is C20H17F2N5O3S. The highest BCUT2D eigenvalue weighted by molar-refractivity contribution is 7.21. The Balaban J connectivity index is 1.93. The third-order valence-electron chi connectivity index (χ3n) is 4.80. The summed E-state index contributed by atoms with van der Waals surface area (Å²) in [5, 5.41) is 7.16. The molecular weight excluding hydrogens is 428 g/mol. The molecule has 4 heterocycles.